The van der Waals surface area contributed by atoms with Gasteiger partial charge >= 0.3 is 0 Å². The molecule has 1 saturated heterocycles. The molecule has 2 saturated carbocycles. The smallest absolute Gasteiger partial charge is 0.261 e. The van der Waals surface area contributed by atoms with Gasteiger partial charge in [0.15, 0.2) is 0 Å². The van der Waals surface area contributed by atoms with Gasteiger partial charge in [0.25, 0.3) is 5.56 Å². The number of rotatable bonds is 3. The maximum atomic E-state index is 12.9. The zero-order valence-corrected chi connectivity index (χ0v) is 16.5. The van der Waals surface area contributed by atoms with Gasteiger partial charge in [0.1, 0.15) is 0 Å². The summed E-state index contributed by atoms with van der Waals surface area (Å²) in [7, 11) is 0. The quantitative estimate of drug-likeness (QED) is 0.884. The molecular formula is C22H30N4O2. The van der Waals surface area contributed by atoms with E-state index in [1.807, 2.05) is 10.6 Å². The molecule has 1 N–H and O–H groups in total. The molecule has 2 atom stereocenters. The Bertz CT molecular complexity index is 897. The SMILES string of the molecule is O=c1c2ccc(N3CCN(C4CCCC4O)CC3)cc2ncn1C1CCCC1. The predicted octanol–water partition coefficient (Wildman–Crippen LogP) is 2.55. The Balaban J connectivity index is 1.33. The van der Waals surface area contributed by atoms with Crippen LogP contribution in [0.5, 0.6) is 0 Å². The van der Waals surface area contributed by atoms with E-state index in [1.165, 1.54) is 12.8 Å². The van der Waals surface area contributed by atoms with Gasteiger partial charge in [0, 0.05) is 44.0 Å². The molecule has 0 radical (unpaired) electrons. The third-order valence-electron chi connectivity index (χ3n) is 7.08. The molecule has 1 aromatic carbocycles. The van der Waals surface area contributed by atoms with Crippen molar-refractivity contribution in [1.82, 2.24) is 14.5 Å². The third kappa shape index (κ3) is 3.22. The number of aliphatic hydroxyl groups excluding tert-OH is 1. The molecule has 3 fully saturated rings. The van der Waals surface area contributed by atoms with Crippen LogP contribution in [0.4, 0.5) is 5.69 Å². The molecule has 0 bridgehead atoms. The highest BCUT2D eigenvalue weighted by molar-refractivity contribution is 5.81. The van der Waals surface area contributed by atoms with Gasteiger partial charge in [-0.05, 0) is 50.3 Å². The minimum atomic E-state index is -0.154. The van der Waals surface area contributed by atoms with E-state index in [9.17, 15) is 9.90 Å². The molecule has 2 aromatic rings. The minimum Gasteiger partial charge on any atom is -0.391 e. The molecule has 150 valence electrons. The second kappa shape index (κ2) is 7.48. The predicted molar refractivity (Wildman–Crippen MR) is 111 cm³/mol. The van der Waals surface area contributed by atoms with Crippen molar-refractivity contribution >= 4 is 16.6 Å². The van der Waals surface area contributed by atoms with Crippen molar-refractivity contribution < 1.29 is 5.11 Å². The number of piperazine rings is 1. The fourth-order valence-electron chi connectivity index (χ4n) is 5.42. The van der Waals surface area contributed by atoms with Crippen LogP contribution < -0.4 is 10.5 Å². The van der Waals surface area contributed by atoms with Crippen molar-refractivity contribution in [3.8, 4) is 0 Å². The number of hydrogen-bond acceptors (Lipinski definition) is 5. The molecule has 6 nitrogen and oxygen atoms in total. The van der Waals surface area contributed by atoms with Crippen molar-refractivity contribution in [2.45, 2.75) is 63.1 Å². The molecule has 2 unspecified atom stereocenters. The summed E-state index contributed by atoms with van der Waals surface area (Å²) in [5, 5.41) is 10.9. The first kappa shape index (κ1) is 18.1. The molecule has 1 aromatic heterocycles. The van der Waals surface area contributed by atoms with Crippen molar-refractivity contribution in [2.24, 2.45) is 0 Å². The molecule has 28 heavy (non-hydrogen) atoms. The number of nitrogens with zero attached hydrogens (tertiary/aromatic N) is 4. The highest BCUT2D eigenvalue weighted by Crippen LogP contribution is 2.29. The summed E-state index contributed by atoms with van der Waals surface area (Å²) in [4.78, 5) is 22.4. The van der Waals surface area contributed by atoms with E-state index in [0.717, 1.165) is 74.9 Å². The van der Waals surface area contributed by atoms with Gasteiger partial charge in [-0.25, -0.2) is 4.98 Å². The molecule has 2 heterocycles. The summed E-state index contributed by atoms with van der Waals surface area (Å²) in [6.07, 6.45) is 9.39. The highest BCUT2D eigenvalue weighted by atomic mass is 16.3. The van der Waals surface area contributed by atoms with E-state index in [-0.39, 0.29) is 11.7 Å². The van der Waals surface area contributed by atoms with Crippen molar-refractivity contribution in [3.05, 3.63) is 34.9 Å². The Hall–Kier alpha value is -1.92. The first-order chi connectivity index (χ1) is 13.7. The number of anilines is 1. The monoisotopic (exact) mass is 382 g/mol. The van der Waals surface area contributed by atoms with E-state index in [1.54, 1.807) is 6.33 Å². The Morgan fingerprint density at radius 2 is 1.75 bits per heavy atom. The first-order valence-electron chi connectivity index (χ1n) is 10.9. The van der Waals surface area contributed by atoms with Crippen LogP contribution in [-0.4, -0.2) is 57.9 Å². The van der Waals surface area contributed by atoms with E-state index in [2.05, 4.69) is 26.9 Å². The summed E-state index contributed by atoms with van der Waals surface area (Å²) in [6, 6.07) is 6.76. The summed E-state index contributed by atoms with van der Waals surface area (Å²) < 4.78 is 1.85. The van der Waals surface area contributed by atoms with Crippen LogP contribution in [0.1, 0.15) is 51.0 Å². The first-order valence-corrected chi connectivity index (χ1v) is 10.9. The van der Waals surface area contributed by atoms with Crippen LogP contribution in [0, 0.1) is 0 Å². The highest BCUT2D eigenvalue weighted by Gasteiger charge is 2.32. The Morgan fingerprint density at radius 1 is 0.964 bits per heavy atom. The van der Waals surface area contributed by atoms with E-state index < -0.39 is 0 Å². The molecule has 1 aliphatic heterocycles. The maximum Gasteiger partial charge on any atom is 0.261 e. The Labute approximate surface area is 165 Å². The van der Waals surface area contributed by atoms with Crippen LogP contribution in [0.25, 0.3) is 10.9 Å². The van der Waals surface area contributed by atoms with Crippen LogP contribution in [-0.2, 0) is 0 Å². The van der Waals surface area contributed by atoms with Gasteiger partial charge in [0.05, 0.1) is 23.3 Å². The molecule has 0 amide bonds. The number of aliphatic hydroxyl groups is 1. The lowest BCUT2D eigenvalue weighted by Crippen LogP contribution is -2.52. The molecule has 6 heteroatoms. The van der Waals surface area contributed by atoms with E-state index >= 15 is 0 Å². The normalized spacial score (nSPS) is 27.1. The van der Waals surface area contributed by atoms with Gasteiger partial charge in [-0.1, -0.05) is 12.8 Å². The summed E-state index contributed by atoms with van der Waals surface area (Å²) in [5.41, 5.74) is 2.04. The summed E-state index contributed by atoms with van der Waals surface area (Å²) in [5.74, 6) is 0. The summed E-state index contributed by atoms with van der Waals surface area (Å²) >= 11 is 0. The second-order valence-corrected chi connectivity index (χ2v) is 8.69. The molecule has 3 aliphatic rings. The van der Waals surface area contributed by atoms with Gasteiger partial charge in [0.2, 0.25) is 0 Å². The number of benzene rings is 1. The maximum absolute atomic E-state index is 12.9. The van der Waals surface area contributed by atoms with Gasteiger partial charge in [-0.2, -0.15) is 0 Å². The van der Waals surface area contributed by atoms with Crippen LogP contribution in [0.3, 0.4) is 0 Å². The topological polar surface area (TPSA) is 61.6 Å². The fraction of sp³-hybridized carbons (Fsp3) is 0.636. The number of hydrogen-bond donors (Lipinski definition) is 1. The average Bonchev–Trinajstić information content (AvgIpc) is 3.40. The summed E-state index contributed by atoms with van der Waals surface area (Å²) in [6.45, 7) is 3.87. The van der Waals surface area contributed by atoms with Crippen LogP contribution in [0.15, 0.2) is 29.3 Å². The van der Waals surface area contributed by atoms with Gasteiger partial charge in [-0.3, -0.25) is 14.3 Å². The van der Waals surface area contributed by atoms with Crippen molar-refractivity contribution in [1.29, 1.82) is 0 Å². The zero-order chi connectivity index (χ0) is 19.1. The lowest BCUT2D eigenvalue weighted by molar-refractivity contribution is 0.0671. The van der Waals surface area contributed by atoms with Gasteiger partial charge in [-0.15, -0.1) is 0 Å². The second-order valence-electron chi connectivity index (χ2n) is 8.69. The molecular weight excluding hydrogens is 352 g/mol. The number of aromatic nitrogens is 2. The average molecular weight is 383 g/mol. The largest absolute Gasteiger partial charge is 0.391 e. The Morgan fingerprint density at radius 3 is 2.46 bits per heavy atom. The zero-order valence-electron chi connectivity index (χ0n) is 16.5. The van der Waals surface area contributed by atoms with E-state index in [0.29, 0.717) is 12.1 Å². The standard InChI is InChI=1S/C22H30N4O2/c27-21-7-3-6-20(21)25-12-10-24(11-13-25)17-8-9-18-19(14-17)23-15-26(22(18)28)16-4-1-2-5-16/h8-9,14-16,20-21,27H,1-7,10-13H2. The third-order valence-corrected chi connectivity index (χ3v) is 7.08. The number of fused-ring (bicyclic) bond motifs is 1. The van der Waals surface area contributed by atoms with Gasteiger partial charge < -0.3 is 10.0 Å². The molecule has 5 rings (SSSR count). The minimum absolute atomic E-state index is 0.100. The van der Waals surface area contributed by atoms with E-state index in [4.69, 9.17) is 0 Å². The lowest BCUT2D eigenvalue weighted by Gasteiger charge is -2.40. The molecule has 2 aliphatic carbocycles. The van der Waals surface area contributed by atoms with Crippen molar-refractivity contribution in [2.75, 3.05) is 31.1 Å². The van der Waals surface area contributed by atoms with Crippen LogP contribution in [0.2, 0.25) is 0 Å². The fourth-order valence-corrected chi connectivity index (χ4v) is 5.42. The lowest BCUT2D eigenvalue weighted by atomic mass is 10.1. The Kier molecular flexibility index (Phi) is 4.85. The van der Waals surface area contributed by atoms with Crippen molar-refractivity contribution in [3.63, 3.8) is 0 Å². The van der Waals surface area contributed by atoms with Crippen LogP contribution >= 0.6 is 0 Å². The molecule has 0 spiro atoms.